The Morgan fingerprint density at radius 2 is 2.04 bits per heavy atom. The van der Waals surface area contributed by atoms with Gasteiger partial charge in [0.05, 0.1) is 10.7 Å². The Kier molecular flexibility index (Phi) is 4.11. The van der Waals surface area contributed by atoms with Crippen LogP contribution in [-0.2, 0) is 4.79 Å². The Labute approximate surface area is 149 Å². The normalized spacial score (nSPS) is 15.6. The predicted molar refractivity (Wildman–Crippen MR) is 97.3 cm³/mol. The van der Waals surface area contributed by atoms with Gasteiger partial charge in [0.25, 0.3) is 5.91 Å². The van der Waals surface area contributed by atoms with Crippen LogP contribution in [0.15, 0.2) is 53.9 Å². The smallest absolute Gasteiger partial charge is 0.269 e. The second-order valence-corrected chi connectivity index (χ2v) is 6.75. The first-order valence-electron chi connectivity index (χ1n) is 7.91. The average Bonchev–Trinajstić information content (AvgIpc) is 3.08. The van der Waals surface area contributed by atoms with E-state index in [4.69, 9.17) is 9.47 Å². The van der Waals surface area contributed by atoms with E-state index in [1.165, 1.54) is 0 Å². The summed E-state index contributed by atoms with van der Waals surface area (Å²) in [6.07, 6.45) is -0.680. The fourth-order valence-electron chi connectivity index (χ4n) is 2.62. The van der Waals surface area contributed by atoms with Crippen molar-refractivity contribution in [2.24, 2.45) is 0 Å². The van der Waals surface area contributed by atoms with Crippen LogP contribution in [-0.4, -0.2) is 23.6 Å². The summed E-state index contributed by atoms with van der Waals surface area (Å²) in [5, 5.41) is 5.91. The molecule has 1 aliphatic rings. The summed E-state index contributed by atoms with van der Waals surface area (Å²) in [5.74, 6) is 1.01. The SMILES string of the molecule is Cc1nc(-c2cccc(NC(=O)[C@@H]3COc4ccccc4O3)c2)cs1. The zero-order chi connectivity index (χ0) is 17.2. The molecule has 0 fully saturated rings. The van der Waals surface area contributed by atoms with Gasteiger partial charge in [0.1, 0.15) is 6.61 Å². The maximum absolute atomic E-state index is 12.5. The van der Waals surface area contributed by atoms with Gasteiger partial charge in [0.2, 0.25) is 6.10 Å². The number of para-hydroxylation sites is 2. The number of thiazole rings is 1. The molecule has 0 saturated carbocycles. The maximum Gasteiger partial charge on any atom is 0.269 e. The third-order valence-corrected chi connectivity index (χ3v) is 4.62. The number of aromatic nitrogens is 1. The van der Waals surface area contributed by atoms with E-state index in [2.05, 4.69) is 10.3 Å². The lowest BCUT2D eigenvalue weighted by Crippen LogP contribution is -2.40. The average molecular weight is 352 g/mol. The number of benzene rings is 2. The van der Waals surface area contributed by atoms with Crippen molar-refractivity contribution in [1.82, 2.24) is 4.98 Å². The van der Waals surface area contributed by atoms with E-state index in [1.54, 1.807) is 17.4 Å². The fraction of sp³-hybridized carbons (Fsp3) is 0.158. The minimum absolute atomic E-state index is 0.188. The lowest BCUT2D eigenvalue weighted by molar-refractivity contribution is -0.125. The molecule has 2 aromatic carbocycles. The summed E-state index contributed by atoms with van der Waals surface area (Å²) in [6, 6.07) is 15.0. The summed E-state index contributed by atoms with van der Waals surface area (Å²) in [7, 11) is 0. The molecule has 1 N–H and O–H groups in total. The van der Waals surface area contributed by atoms with Crippen LogP contribution in [0.1, 0.15) is 5.01 Å². The molecule has 0 bridgehead atoms. The Balaban J connectivity index is 1.48. The lowest BCUT2D eigenvalue weighted by Gasteiger charge is -2.25. The van der Waals surface area contributed by atoms with Crippen LogP contribution in [0, 0.1) is 6.92 Å². The molecule has 0 unspecified atom stereocenters. The number of hydrogen-bond donors (Lipinski definition) is 1. The number of rotatable bonds is 3. The summed E-state index contributed by atoms with van der Waals surface area (Å²) >= 11 is 1.60. The van der Waals surface area contributed by atoms with E-state index in [-0.39, 0.29) is 12.5 Å². The van der Waals surface area contributed by atoms with Gasteiger partial charge in [-0.3, -0.25) is 4.79 Å². The molecular weight excluding hydrogens is 336 g/mol. The van der Waals surface area contributed by atoms with E-state index in [1.807, 2.05) is 54.8 Å². The summed E-state index contributed by atoms with van der Waals surface area (Å²) < 4.78 is 11.3. The second-order valence-electron chi connectivity index (χ2n) is 5.69. The van der Waals surface area contributed by atoms with Gasteiger partial charge < -0.3 is 14.8 Å². The van der Waals surface area contributed by atoms with Gasteiger partial charge in [0, 0.05) is 16.6 Å². The largest absolute Gasteiger partial charge is 0.485 e. The van der Waals surface area contributed by atoms with Crippen molar-refractivity contribution in [3.63, 3.8) is 0 Å². The van der Waals surface area contributed by atoms with Crippen LogP contribution in [0.4, 0.5) is 5.69 Å². The van der Waals surface area contributed by atoms with Crippen LogP contribution < -0.4 is 14.8 Å². The number of anilines is 1. The molecule has 0 aliphatic carbocycles. The molecule has 0 spiro atoms. The third kappa shape index (κ3) is 3.34. The molecule has 3 aromatic rings. The Morgan fingerprint density at radius 1 is 1.20 bits per heavy atom. The molecular formula is C19H16N2O3S. The van der Waals surface area contributed by atoms with Crippen molar-refractivity contribution < 1.29 is 14.3 Å². The Bertz CT molecular complexity index is 922. The first kappa shape index (κ1) is 15.7. The van der Waals surface area contributed by atoms with E-state index >= 15 is 0 Å². The van der Waals surface area contributed by atoms with Gasteiger partial charge in [0.15, 0.2) is 11.5 Å². The van der Waals surface area contributed by atoms with E-state index in [0.717, 1.165) is 16.3 Å². The molecule has 1 aliphatic heterocycles. The molecule has 0 radical (unpaired) electrons. The maximum atomic E-state index is 12.5. The van der Waals surface area contributed by atoms with E-state index in [0.29, 0.717) is 17.2 Å². The third-order valence-electron chi connectivity index (χ3n) is 3.85. The number of hydrogen-bond acceptors (Lipinski definition) is 5. The monoisotopic (exact) mass is 352 g/mol. The van der Waals surface area contributed by atoms with E-state index < -0.39 is 6.10 Å². The van der Waals surface area contributed by atoms with Gasteiger partial charge in [-0.05, 0) is 31.2 Å². The highest BCUT2D eigenvalue weighted by atomic mass is 32.1. The molecule has 25 heavy (non-hydrogen) atoms. The minimum Gasteiger partial charge on any atom is -0.485 e. The number of nitrogens with zero attached hydrogens (tertiary/aromatic N) is 1. The Morgan fingerprint density at radius 3 is 2.84 bits per heavy atom. The van der Waals surface area contributed by atoms with Crippen molar-refractivity contribution >= 4 is 22.9 Å². The highest BCUT2D eigenvalue weighted by molar-refractivity contribution is 7.09. The molecule has 1 amide bonds. The minimum atomic E-state index is -0.680. The fourth-order valence-corrected chi connectivity index (χ4v) is 3.25. The van der Waals surface area contributed by atoms with Gasteiger partial charge in [-0.2, -0.15) is 0 Å². The summed E-state index contributed by atoms with van der Waals surface area (Å²) in [4.78, 5) is 17.0. The number of aryl methyl sites for hydroxylation is 1. The molecule has 1 aromatic heterocycles. The molecule has 2 heterocycles. The zero-order valence-electron chi connectivity index (χ0n) is 13.6. The van der Waals surface area contributed by atoms with Crippen molar-refractivity contribution in [3.8, 4) is 22.8 Å². The van der Waals surface area contributed by atoms with Crippen LogP contribution in [0.5, 0.6) is 11.5 Å². The number of amides is 1. The molecule has 126 valence electrons. The number of nitrogens with one attached hydrogen (secondary N) is 1. The lowest BCUT2D eigenvalue weighted by atomic mass is 10.1. The molecule has 4 rings (SSSR count). The van der Waals surface area contributed by atoms with E-state index in [9.17, 15) is 4.79 Å². The molecule has 1 atom stereocenters. The van der Waals surface area contributed by atoms with Crippen molar-refractivity contribution in [2.45, 2.75) is 13.0 Å². The first-order valence-corrected chi connectivity index (χ1v) is 8.79. The standard InChI is InChI=1S/C19H16N2O3S/c1-12-20-15(11-25-12)13-5-4-6-14(9-13)21-19(22)18-10-23-16-7-2-3-8-17(16)24-18/h2-9,11,18H,10H2,1H3,(H,21,22)/t18-/m0/s1. The van der Waals surface area contributed by atoms with Crippen LogP contribution >= 0.6 is 11.3 Å². The number of ether oxygens (including phenoxy) is 2. The first-order chi connectivity index (χ1) is 12.2. The Hall–Kier alpha value is -2.86. The van der Waals surface area contributed by atoms with Crippen molar-refractivity contribution in [3.05, 3.63) is 58.9 Å². The topological polar surface area (TPSA) is 60.5 Å². The quantitative estimate of drug-likeness (QED) is 0.777. The number of carbonyl (C=O) groups is 1. The summed E-state index contributed by atoms with van der Waals surface area (Å²) in [6.45, 7) is 2.16. The van der Waals surface area contributed by atoms with Crippen LogP contribution in [0.25, 0.3) is 11.3 Å². The van der Waals surface area contributed by atoms with Crippen LogP contribution in [0.2, 0.25) is 0 Å². The van der Waals surface area contributed by atoms with Crippen molar-refractivity contribution in [1.29, 1.82) is 0 Å². The van der Waals surface area contributed by atoms with Gasteiger partial charge >= 0.3 is 0 Å². The van der Waals surface area contributed by atoms with Gasteiger partial charge in [-0.1, -0.05) is 24.3 Å². The van der Waals surface area contributed by atoms with Crippen molar-refractivity contribution in [2.75, 3.05) is 11.9 Å². The van der Waals surface area contributed by atoms with Crippen LogP contribution in [0.3, 0.4) is 0 Å². The predicted octanol–water partition coefficient (Wildman–Crippen LogP) is 3.90. The second kappa shape index (κ2) is 6.57. The molecule has 5 nitrogen and oxygen atoms in total. The van der Waals surface area contributed by atoms with Gasteiger partial charge in [-0.25, -0.2) is 4.98 Å². The highest BCUT2D eigenvalue weighted by Gasteiger charge is 2.27. The highest BCUT2D eigenvalue weighted by Crippen LogP contribution is 2.31. The number of carbonyl (C=O) groups excluding carboxylic acids is 1. The molecule has 6 heteroatoms. The molecule has 0 saturated heterocycles. The summed E-state index contributed by atoms with van der Waals surface area (Å²) in [5.41, 5.74) is 2.58. The zero-order valence-corrected chi connectivity index (χ0v) is 14.4. The number of fused-ring (bicyclic) bond motifs is 1. The van der Waals surface area contributed by atoms with Gasteiger partial charge in [-0.15, -0.1) is 11.3 Å².